The highest BCUT2D eigenvalue weighted by Gasteiger charge is 2.46. The molecule has 1 fully saturated rings. The lowest BCUT2D eigenvalue weighted by atomic mass is 9.90. The van der Waals surface area contributed by atoms with Crippen molar-refractivity contribution in [2.45, 2.75) is 56.8 Å². The van der Waals surface area contributed by atoms with Gasteiger partial charge in [-0.3, -0.25) is 4.55 Å². The molecule has 4 rings (SSSR count). The molecule has 6 atom stereocenters. The molecule has 0 amide bonds. The van der Waals surface area contributed by atoms with Crippen molar-refractivity contribution in [3.63, 3.8) is 0 Å². The third-order valence-corrected chi connectivity index (χ3v) is 6.54. The molecule has 194 valence electrons. The zero-order valence-electron chi connectivity index (χ0n) is 18.4. The minimum absolute atomic E-state index is 0.0549. The summed E-state index contributed by atoms with van der Waals surface area (Å²) in [5, 5.41) is 62.4. The van der Waals surface area contributed by atoms with Gasteiger partial charge in [-0.15, -0.1) is 0 Å². The molecular formula is C21H26O13S. The van der Waals surface area contributed by atoms with E-state index in [1.54, 1.807) is 19.1 Å². The van der Waals surface area contributed by atoms with Crippen molar-refractivity contribution < 1.29 is 62.0 Å². The predicted octanol–water partition coefficient (Wildman–Crippen LogP) is -0.968. The molecular weight excluding hydrogens is 492 g/mol. The van der Waals surface area contributed by atoms with Gasteiger partial charge < -0.3 is 44.8 Å². The molecule has 1 saturated heterocycles. The lowest BCUT2D eigenvalue weighted by molar-refractivity contribution is -0.276. The first-order valence-electron chi connectivity index (χ1n) is 10.6. The number of aliphatic hydroxyl groups excluding tert-OH is 5. The number of rotatable bonds is 8. The second-order valence-corrected chi connectivity index (χ2v) is 9.55. The van der Waals surface area contributed by atoms with Crippen LogP contribution in [0.3, 0.4) is 0 Å². The van der Waals surface area contributed by atoms with Gasteiger partial charge in [0, 0.05) is 29.0 Å². The van der Waals surface area contributed by atoms with Gasteiger partial charge in [0.25, 0.3) is 0 Å². The van der Waals surface area contributed by atoms with E-state index in [2.05, 4.69) is 4.18 Å². The van der Waals surface area contributed by atoms with Crippen LogP contribution in [0, 0.1) is 0 Å². The van der Waals surface area contributed by atoms with Crippen LogP contribution in [-0.4, -0.2) is 87.5 Å². The Morgan fingerprint density at radius 2 is 1.86 bits per heavy atom. The predicted molar refractivity (Wildman–Crippen MR) is 116 cm³/mol. The normalized spacial score (nSPS) is 27.1. The maximum atomic E-state index is 11.2. The van der Waals surface area contributed by atoms with Crippen LogP contribution in [0.5, 0.6) is 17.2 Å². The smallest absolute Gasteiger partial charge is 0.397 e. The molecule has 2 aromatic rings. The molecule has 2 heterocycles. The fourth-order valence-electron chi connectivity index (χ4n) is 4.33. The first-order chi connectivity index (χ1) is 16.5. The summed E-state index contributed by atoms with van der Waals surface area (Å²) in [5.74, 6) is -0.764. The van der Waals surface area contributed by atoms with Gasteiger partial charge in [0.2, 0.25) is 6.29 Å². The molecule has 0 spiro atoms. The second kappa shape index (κ2) is 9.65. The average Bonchev–Trinajstić information content (AvgIpc) is 3.24. The molecule has 14 heteroatoms. The van der Waals surface area contributed by atoms with Crippen molar-refractivity contribution in [3.05, 3.63) is 28.8 Å². The van der Waals surface area contributed by atoms with Crippen molar-refractivity contribution in [1.82, 2.24) is 0 Å². The molecule has 2 aliphatic heterocycles. The molecule has 0 radical (unpaired) electrons. The van der Waals surface area contributed by atoms with Gasteiger partial charge in [-0.2, -0.15) is 8.42 Å². The monoisotopic (exact) mass is 518 g/mol. The molecule has 2 aliphatic rings. The van der Waals surface area contributed by atoms with Crippen LogP contribution >= 0.6 is 0 Å². The zero-order valence-corrected chi connectivity index (χ0v) is 19.3. The Labute approximate surface area is 199 Å². The molecule has 0 bridgehead atoms. The van der Waals surface area contributed by atoms with Crippen LogP contribution in [0.25, 0.3) is 10.8 Å². The van der Waals surface area contributed by atoms with Crippen LogP contribution in [0.4, 0.5) is 0 Å². The molecule has 0 aromatic heterocycles. The van der Waals surface area contributed by atoms with E-state index in [0.717, 1.165) is 0 Å². The fraction of sp³-hybridized carbons (Fsp3) is 0.524. The first kappa shape index (κ1) is 25.8. The summed E-state index contributed by atoms with van der Waals surface area (Å²) in [6.07, 6.45) is -8.71. The molecule has 7 N–H and O–H groups in total. The van der Waals surface area contributed by atoms with Gasteiger partial charge in [0.1, 0.15) is 36.8 Å². The lowest BCUT2D eigenvalue weighted by Crippen LogP contribution is -2.60. The number of phenols is 1. The maximum Gasteiger partial charge on any atom is 0.397 e. The minimum Gasteiger partial charge on any atom is -0.504 e. The van der Waals surface area contributed by atoms with E-state index >= 15 is 0 Å². The van der Waals surface area contributed by atoms with Crippen LogP contribution in [-0.2, 0) is 32.5 Å². The van der Waals surface area contributed by atoms with Crippen molar-refractivity contribution in [1.29, 1.82) is 0 Å². The van der Waals surface area contributed by atoms with E-state index in [0.29, 0.717) is 27.6 Å². The summed E-state index contributed by atoms with van der Waals surface area (Å²) < 4.78 is 51.7. The number of ether oxygens (including phenoxy) is 3. The van der Waals surface area contributed by atoms with Crippen molar-refractivity contribution in [3.8, 4) is 17.2 Å². The van der Waals surface area contributed by atoms with E-state index < -0.39 is 59.4 Å². The molecule has 35 heavy (non-hydrogen) atoms. The highest BCUT2D eigenvalue weighted by molar-refractivity contribution is 7.80. The zero-order chi connectivity index (χ0) is 25.7. The highest BCUT2D eigenvalue weighted by atomic mass is 32.3. The van der Waals surface area contributed by atoms with Crippen LogP contribution in [0.15, 0.2) is 12.1 Å². The van der Waals surface area contributed by atoms with Gasteiger partial charge in [0.05, 0.1) is 13.2 Å². The fourth-order valence-corrected chi connectivity index (χ4v) is 4.64. The van der Waals surface area contributed by atoms with Crippen molar-refractivity contribution in [2.75, 3.05) is 13.2 Å². The summed E-state index contributed by atoms with van der Waals surface area (Å²) in [4.78, 5) is 0. The first-order valence-corrected chi connectivity index (χ1v) is 12.0. The number of hydrogen-bond donors (Lipinski definition) is 7. The summed E-state index contributed by atoms with van der Waals surface area (Å²) in [6.45, 7) is 0.0636. The second-order valence-electron chi connectivity index (χ2n) is 8.46. The van der Waals surface area contributed by atoms with Gasteiger partial charge in [-0.05, 0) is 23.1 Å². The number of aromatic hydroxyl groups is 1. The SMILES string of the molecule is CC(CO)c1c(O)c(O[C@@H]2O[C@H](COS(=O)(=O)O)[C@@H](O)[C@H](O)[C@H]2O)c2c3c(cc(CO)cc13)OC2. The standard InChI is InChI=1S/C21H26O13S/c1-8(4-22)14-10-2-9(5-23)3-12-15(10)11(6-31-12)20(17(14)25)34-21-19(27)18(26)16(24)13(33-21)7-32-35(28,29)30/h2-3,8,13,16,18-19,21-27H,4-7H2,1H3,(H,28,29,30)/t8?,13-,16-,18+,19-,21+/m1/s1. The number of hydrogen-bond acceptors (Lipinski definition) is 12. The van der Waals surface area contributed by atoms with Crippen LogP contribution in [0.2, 0.25) is 0 Å². The minimum atomic E-state index is -4.89. The molecule has 1 unspecified atom stereocenters. The van der Waals surface area contributed by atoms with E-state index in [4.69, 9.17) is 18.8 Å². The van der Waals surface area contributed by atoms with Crippen LogP contribution < -0.4 is 9.47 Å². The Kier molecular flexibility index (Phi) is 7.11. The number of aliphatic hydroxyl groups is 5. The Bertz CT molecular complexity index is 1210. The summed E-state index contributed by atoms with van der Waals surface area (Å²) in [6, 6.07) is 3.26. The summed E-state index contributed by atoms with van der Waals surface area (Å²) >= 11 is 0. The molecule has 0 aliphatic carbocycles. The number of phenolic OH excluding ortho intramolecular Hbond substituents is 1. The summed E-state index contributed by atoms with van der Waals surface area (Å²) in [5.41, 5.74) is 1.16. The summed E-state index contributed by atoms with van der Waals surface area (Å²) in [7, 11) is -4.89. The molecule has 0 saturated carbocycles. The van der Waals surface area contributed by atoms with Crippen LogP contribution in [0.1, 0.15) is 29.5 Å². The maximum absolute atomic E-state index is 11.2. The van der Waals surface area contributed by atoms with E-state index in [1.165, 1.54) is 0 Å². The molecule has 13 nitrogen and oxygen atoms in total. The van der Waals surface area contributed by atoms with E-state index in [1.807, 2.05) is 0 Å². The van der Waals surface area contributed by atoms with Gasteiger partial charge in [-0.25, -0.2) is 4.18 Å². The van der Waals surface area contributed by atoms with Crippen molar-refractivity contribution >= 4 is 21.2 Å². The van der Waals surface area contributed by atoms with E-state index in [9.17, 15) is 39.1 Å². The average molecular weight is 518 g/mol. The Morgan fingerprint density at radius 1 is 1.14 bits per heavy atom. The Hall–Kier alpha value is -2.27. The third kappa shape index (κ3) is 4.76. The van der Waals surface area contributed by atoms with Gasteiger partial charge in [0.15, 0.2) is 11.5 Å². The topological polar surface area (TPSA) is 213 Å². The number of benzene rings is 2. The molecule has 2 aromatic carbocycles. The Morgan fingerprint density at radius 3 is 2.49 bits per heavy atom. The van der Waals surface area contributed by atoms with Gasteiger partial charge in [-0.1, -0.05) is 6.92 Å². The van der Waals surface area contributed by atoms with E-state index in [-0.39, 0.29) is 31.1 Å². The van der Waals surface area contributed by atoms with Crippen molar-refractivity contribution in [2.24, 2.45) is 0 Å². The lowest BCUT2D eigenvalue weighted by Gasteiger charge is -2.40. The quantitative estimate of drug-likeness (QED) is 0.210. The largest absolute Gasteiger partial charge is 0.504 e. The Balaban J connectivity index is 1.77. The highest BCUT2D eigenvalue weighted by Crippen LogP contribution is 2.51. The third-order valence-electron chi connectivity index (χ3n) is 6.10. The van der Waals surface area contributed by atoms with Gasteiger partial charge >= 0.3 is 10.4 Å².